The number of allylic oxidation sites excluding steroid dienone is 2. The monoisotopic (exact) mass is 150 g/mol. The minimum absolute atomic E-state index is 0.325. The van der Waals surface area contributed by atoms with Crippen LogP contribution in [0.2, 0.25) is 0 Å². The molecule has 0 amide bonds. The van der Waals surface area contributed by atoms with Gasteiger partial charge in [0.2, 0.25) is 0 Å². The van der Waals surface area contributed by atoms with Crippen molar-refractivity contribution in [2.75, 3.05) is 0 Å². The van der Waals surface area contributed by atoms with Crippen molar-refractivity contribution in [2.45, 2.75) is 32.6 Å². The molecule has 1 fully saturated rings. The Morgan fingerprint density at radius 3 is 3.18 bits per heavy atom. The Morgan fingerprint density at radius 1 is 1.64 bits per heavy atom. The van der Waals surface area contributed by atoms with E-state index in [4.69, 9.17) is 0 Å². The Labute approximate surface area is 67.5 Å². The highest BCUT2D eigenvalue weighted by molar-refractivity contribution is 5.93. The second-order valence-electron chi connectivity index (χ2n) is 4.11. The standard InChI is InChI=1S/C10H14O/c1-10-6-2-4-8(10)9(11)5-3-7-10/h3,5,8H,2,4,6-7H2,1H3/t8-,10-/m0/s1. The molecule has 2 aliphatic carbocycles. The van der Waals surface area contributed by atoms with Gasteiger partial charge < -0.3 is 0 Å². The van der Waals surface area contributed by atoms with E-state index in [1.807, 2.05) is 6.08 Å². The topological polar surface area (TPSA) is 17.1 Å². The molecule has 1 heteroatoms. The number of hydrogen-bond donors (Lipinski definition) is 0. The summed E-state index contributed by atoms with van der Waals surface area (Å²) in [5, 5.41) is 0. The summed E-state index contributed by atoms with van der Waals surface area (Å²) in [6.45, 7) is 2.26. The molecule has 2 aliphatic rings. The van der Waals surface area contributed by atoms with Gasteiger partial charge in [-0.3, -0.25) is 4.79 Å². The lowest BCUT2D eigenvalue weighted by atomic mass is 9.72. The fourth-order valence-corrected chi connectivity index (χ4v) is 2.52. The average molecular weight is 150 g/mol. The maximum Gasteiger partial charge on any atom is 0.158 e. The summed E-state index contributed by atoms with van der Waals surface area (Å²) in [6.07, 6.45) is 8.55. The molecule has 0 aromatic rings. The lowest BCUT2D eigenvalue weighted by molar-refractivity contribution is -0.121. The molecule has 0 saturated heterocycles. The summed E-state index contributed by atoms with van der Waals surface area (Å²) in [4.78, 5) is 11.4. The summed E-state index contributed by atoms with van der Waals surface area (Å²) >= 11 is 0. The smallest absolute Gasteiger partial charge is 0.158 e. The summed E-state index contributed by atoms with van der Waals surface area (Å²) < 4.78 is 0. The normalized spacial score (nSPS) is 42.6. The molecule has 0 aromatic heterocycles. The number of carbonyl (C=O) groups is 1. The average Bonchev–Trinajstić information content (AvgIpc) is 2.31. The van der Waals surface area contributed by atoms with E-state index in [2.05, 4.69) is 6.92 Å². The van der Waals surface area contributed by atoms with Gasteiger partial charge >= 0.3 is 0 Å². The fourth-order valence-electron chi connectivity index (χ4n) is 2.52. The van der Waals surface area contributed by atoms with Gasteiger partial charge in [0.05, 0.1) is 0 Å². The van der Waals surface area contributed by atoms with Crippen LogP contribution in [0.1, 0.15) is 32.6 Å². The summed E-state index contributed by atoms with van der Waals surface area (Å²) in [6, 6.07) is 0. The SMILES string of the molecule is C[C@]12CC=CC(=O)[C@@H]1CCC2. The van der Waals surface area contributed by atoms with Crippen LogP contribution in [-0.4, -0.2) is 5.78 Å². The quantitative estimate of drug-likeness (QED) is 0.518. The van der Waals surface area contributed by atoms with Gasteiger partial charge in [-0.25, -0.2) is 0 Å². The van der Waals surface area contributed by atoms with Crippen molar-refractivity contribution in [3.05, 3.63) is 12.2 Å². The molecule has 0 aliphatic heterocycles. The molecule has 60 valence electrons. The molecule has 2 rings (SSSR count). The molecule has 0 N–H and O–H groups in total. The van der Waals surface area contributed by atoms with Gasteiger partial charge in [0.15, 0.2) is 5.78 Å². The molecule has 0 unspecified atom stereocenters. The van der Waals surface area contributed by atoms with Crippen molar-refractivity contribution in [2.24, 2.45) is 11.3 Å². The number of fused-ring (bicyclic) bond motifs is 1. The Balaban J connectivity index is 2.32. The zero-order chi connectivity index (χ0) is 7.90. The predicted molar refractivity (Wildman–Crippen MR) is 44.2 cm³/mol. The second kappa shape index (κ2) is 2.20. The van der Waals surface area contributed by atoms with E-state index in [-0.39, 0.29) is 0 Å². The zero-order valence-electron chi connectivity index (χ0n) is 6.97. The summed E-state index contributed by atoms with van der Waals surface area (Å²) in [5.74, 6) is 0.726. The lowest BCUT2D eigenvalue weighted by Gasteiger charge is -2.31. The third-order valence-corrected chi connectivity index (χ3v) is 3.29. The lowest BCUT2D eigenvalue weighted by Crippen LogP contribution is -2.29. The van der Waals surface area contributed by atoms with Crippen LogP contribution >= 0.6 is 0 Å². The van der Waals surface area contributed by atoms with E-state index in [1.54, 1.807) is 6.08 Å². The van der Waals surface area contributed by atoms with Gasteiger partial charge in [-0.1, -0.05) is 19.4 Å². The highest BCUT2D eigenvalue weighted by Crippen LogP contribution is 2.48. The molecule has 2 atom stereocenters. The van der Waals surface area contributed by atoms with E-state index in [0.29, 0.717) is 17.1 Å². The molecule has 0 spiro atoms. The van der Waals surface area contributed by atoms with Gasteiger partial charge in [-0.2, -0.15) is 0 Å². The predicted octanol–water partition coefficient (Wildman–Crippen LogP) is 2.32. The first-order valence-electron chi connectivity index (χ1n) is 4.43. The van der Waals surface area contributed by atoms with Gasteiger partial charge in [-0.05, 0) is 30.8 Å². The van der Waals surface area contributed by atoms with E-state index < -0.39 is 0 Å². The summed E-state index contributed by atoms with van der Waals surface area (Å²) in [7, 11) is 0. The minimum atomic E-state index is 0.325. The Hall–Kier alpha value is -0.590. The molecule has 0 aromatic carbocycles. The largest absolute Gasteiger partial charge is 0.295 e. The maximum absolute atomic E-state index is 11.4. The first-order valence-corrected chi connectivity index (χ1v) is 4.43. The molecule has 0 heterocycles. The van der Waals surface area contributed by atoms with E-state index in [1.165, 1.54) is 12.8 Å². The molecule has 1 nitrogen and oxygen atoms in total. The first-order chi connectivity index (χ1) is 5.22. The van der Waals surface area contributed by atoms with Crippen molar-refractivity contribution in [1.29, 1.82) is 0 Å². The van der Waals surface area contributed by atoms with Crippen molar-refractivity contribution in [1.82, 2.24) is 0 Å². The highest BCUT2D eigenvalue weighted by atomic mass is 16.1. The second-order valence-corrected chi connectivity index (χ2v) is 4.11. The number of ketones is 1. The molecule has 0 bridgehead atoms. The van der Waals surface area contributed by atoms with Gasteiger partial charge in [-0.15, -0.1) is 0 Å². The van der Waals surface area contributed by atoms with E-state index in [0.717, 1.165) is 12.8 Å². The van der Waals surface area contributed by atoms with Gasteiger partial charge in [0.1, 0.15) is 0 Å². The molecular formula is C10H14O. The van der Waals surface area contributed by atoms with Crippen LogP contribution in [-0.2, 0) is 4.79 Å². The van der Waals surface area contributed by atoms with Crippen LogP contribution in [0.15, 0.2) is 12.2 Å². The number of carbonyl (C=O) groups excluding carboxylic acids is 1. The molecular weight excluding hydrogens is 136 g/mol. The van der Waals surface area contributed by atoms with Crippen molar-refractivity contribution < 1.29 is 4.79 Å². The molecule has 1 saturated carbocycles. The van der Waals surface area contributed by atoms with Crippen LogP contribution in [0.4, 0.5) is 0 Å². The van der Waals surface area contributed by atoms with Crippen molar-refractivity contribution >= 4 is 5.78 Å². The molecule has 0 radical (unpaired) electrons. The Bertz CT molecular complexity index is 217. The zero-order valence-corrected chi connectivity index (χ0v) is 6.97. The number of hydrogen-bond acceptors (Lipinski definition) is 1. The van der Waals surface area contributed by atoms with Crippen LogP contribution in [0.25, 0.3) is 0 Å². The van der Waals surface area contributed by atoms with Crippen LogP contribution in [0, 0.1) is 11.3 Å². The van der Waals surface area contributed by atoms with Crippen molar-refractivity contribution in [3.63, 3.8) is 0 Å². The van der Waals surface area contributed by atoms with E-state index in [9.17, 15) is 4.79 Å². The van der Waals surface area contributed by atoms with Crippen LogP contribution in [0.5, 0.6) is 0 Å². The Kier molecular flexibility index (Phi) is 1.41. The fraction of sp³-hybridized carbons (Fsp3) is 0.700. The first kappa shape index (κ1) is 7.08. The van der Waals surface area contributed by atoms with Crippen LogP contribution < -0.4 is 0 Å². The maximum atomic E-state index is 11.4. The van der Waals surface area contributed by atoms with E-state index >= 15 is 0 Å². The third kappa shape index (κ3) is 0.943. The highest BCUT2D eigenvalue weighted by Gasteiger charge is 2.42. The van der Waals surface area contributed by atoms with Crippen LogP contribution in [0.3, 0.4) is 0 Å². The van der Waals surface area contributed by atoms with Gasteiger partial charge in [0, 0.05) is 5.92 Å². The minimum Gasteiger partial charge on any atom is -0.295 e. The third-order valence-electron chi connectivity index (χ3n) is 3.29. The summed E-state index contributed by atoms with van der Waals surface area (Å²) in [5.41, 5.74) is 0.325. The van der Waals surface area contributed by atoms with Crippen molar-refractivity contribution in [3.8, 4) is 0 Å². The molecule has 11 heavy (non-hydrogen) atoms. The van der Waals surface area contributed by atoms with Gasteiger partial charge in [0.25, 0.3) is 0 Å². The number of rotatable bonds is 0. The Morgan fingerprint density at radius 2 is 2.45 bits per heavy atom.